The number of nitrogens with one attached hydrogen (secondary N) is 1. The maximum Gasteiger partial charge on any atom is 0.253 e. The van der Waals surface area contributed by atoms with Crippen molar-refractivity contribution in [2.75, 3.05) is 13.1 Å². The average molecular weight is 412 g/mol. The predicted octanol–water partition coefficient (Wildman–Crippen LogP) is 3.56. The third-order valence-electron chi connectivity index (χ3n) is 5.22. The Bertz CT molecular complexity index is 1140. The molecule has 1 saturated heterocycles. The maximum absolute atomic E-state index is 13.0. The van der Waals surface area contributed by atoms with Gasteiger partial charge in [0.2, 0.25) is 10.0 Å². The molecule has 0 aromatic heterocycles. The summed E-state index contributed by atoms with van der Waals surface area (Å²) in [5, 5.41) is 2.10. The molecule has 3 aromatic rings. The van der Waals surface area contributed by atoms with Crippen molar-refractivity contribution in [3.05, 3.63) is 78.1 Å². The molecule has 150 valence electrons. The Morgan fingerprint density at radius 1 is 0.931 bits per heavy atom. The summed E-state index contributed by atoms with van der Waals surface area (Å²) in [6, 6.07) is 18.0. The average Bonchev–Trinajstić information content (AvgIpc) is 2.73. The molecule has 0 spiro atoms. The van der Waals surface area contributed by atoms with Crippen molar-refractivity contribution in [1.82, 2.24) is 9.62 Å². The van der Waals surface area contributed by atoms with Crippen LogP contribution in [-0.4, -0.2) is 38.4 Å². The Balaban J connectivity index is 1.39. The van der Waals surface area contributed by atoms with E-state index in [9.17, 15) is 17.6 Å². The summed E-state index contributed by atoms with van der Waals surface area (Å²) in [6.07, 6.45) is 1.06. The van der Waals surface area contributed by atoms with Crippen LogP contribution in [0.3, 0.4) is 0 Å². The highest BCUT2D eigenvalue weighted by Crippen LogP contribution is 2.20. The zero-order valence-electron chi connectivity index (χ0n) is 15.7. The van der Waals surface area contributed by atoms with E-state index in [1.165, 1.54) is 12.1 Å². The lowest BCUT2D eigenvalue weighted by molar-refractivity contribution is 0.0711. The number of sulfonamides is 1. The zero-order valence-corrected chi connectivity index (χ0v) is 16.5. The summed E-state index contributed by atoms with van der Waals surface area (Å²) in [5.74, 6) is -0.528. The Hall–Kier alpha value is -2.77. The fourth-order valence-electron chi connectivity index (χ4n) is 3.61. The second-order valence-corrected chi connectivity index (χ2v) is 8.92. The standard InChI is InChI=1S/C22H21FN2O3S/c23-19-7-9-21(10-8-19)29(27,28)24-20-11-13-25(14-12-20)22(26)18-6-5-16-3-1-2-4-17(16)15-18/h1-10,15,20,24H,11-14H2. The topological polar surface area (TPSA) is 66.5 Å². The summed E-state index contributed by atoms with van der Waals surface area (Å²) in [4.78, 5) is 14.6. The number of rotatable bonds is 4. The van der Waals surface area contributed by atoms with Crippen LogP contribution in [0.1, 0.15) is 23.2 Å². The molecular weight excluding hydrogens is 391 g/mol. The summed E-state index contributed by atoms with van der Waals surface area (Å²) in [6.45, 7) is 0.949. The van der Waals surface area contributed by atoms with E-state index in [0.717, 1.165) is 22.9 Å². The van der Waals surface area contributed by atoms with Gasteiger partial charge in [-0.2, -0.15) is 0 Å². The van der Waals surface area contributed by atoms with Gasteiger partial charge in [0.25, 0.3) is 5.91 Å². The molecule has 1 heterocycles. The van der Waals surface area contributed by atoms with Gasteiger partial charge in [0.05, 0.1) is 4.90 Å². The molecule has 29 heavy (non-hydrogen) atoms. The molecule has 0 saturated carbocycles. The summed E-state index contributed by atoms with van der Waals surface area (Å²) < 4.78 is 40.6. The van der Waals surface area contributed by atoms with Crippen molar-refractivity contribution in [3.63, 3.8) is 0 Å². The van der Waals surface area contributed by atoms with Crippen molar-refractivity contribution in [1.29, 1.82) is 0 Å². The van der Waals surface area contributed by atoms with Crippen molar-refractivity contribution >= 4 is 26.7 Å². The number of carbonyl (C=O) groups excluding carboxylic acids is 1. The normalized spacial score (nSPS) is 15.6. The SMILES string of the molecule is O=C(c1ccc2ccccc2c1)N1CCC(NS(=O)(=O)c2ccc(F)cc2)CC1. The number of hydrogen-bond acceptors (Lipinski definition) is 3. The maximum atomic E-state index is 13.0. The van der Waals surface area contributed by atoms with E-state index in [1.807, 2.05) is 42.5 Å². The number of piperidine rings is 1. The van der Waals surface area contributed by atoms with E-state index < -0.39 is 15.8 Å². The van der Waals surface area contributed by atoms with Gasteiger partial charge in [0.15, 0.2) is 0 Å². The lowest BCUT2D eigenvalue weighted by atomic mass is 10.0. The highest BCUT2D eigenvalue weighted by Gasteiger charge is 2.27. The van der Waals surface area contributed by atoms with Crippen LogP contribution in [0.25, 0.3) is 10.8 Å². The number of halogens is 1. The Kier molecular flexibility index (Phi) is 5.34. The summed E-state index contributed by atoms with van der Waals surface area (Å²) in [5.41, 5.74) is 0.633. The summed E-state index contributed by atoms with van der Waals surface area (Å²) in [7, 11) is -3.71. The van der Waals surface area contributed by atoms with Crippen LogP contribution in [0.2, 0.25) is 0 Å². The van der Waals surface area contributed by atoms with Gasteiger partial charge in [-0.1, -0.05) is 30.3 Å². The third kappa shape index (κ3) is 4.31. The fourth-order valence-corrected chi connectivity index (χ4v) is 4.91. The van der Waals surface area contributed by atoms with Crippen LogP contribution in [0.4, 0.5) is 4.39 Å². The van der Waals surface area contributed by atoms with Crippen molar-refractivity contribution in [2.24, 2.45) is 0 Å². The number of amides is 1. The number of benzene rings is 3. The van der Waals surface area contributed by atoms with E-state index in [2.05, 4.69) is 4.72 Å². The molecule has 1 N–H and O–H groups in total. The van der Waals surface area contributed by atoms with Gasteiger partial charge in [-0.05, 0) is 60.0 Å². The van der Waals surface area contributed by atoms with Gasteiger partial charge in [-0.3, -0.25) is 4.79 Å². The van der Waals surface area contributed by atoms with Crippen LogP contribution < -0.4 is 4.72 Å². The number of nitrogens with zero attached hydrogens (tertiary/aromatic N) is 1. The number of hydrogen-bond donors (Lipinski definition) is 1. The highest BCUT2D eigenvalue weighted by atomic mass is 32.2. The van der Waals surface area contributed by atoms with Gasteiger partial charge in [-0.25, -0.2) is 17.5 Å². The molecule has 1 aliphatic heterocycles. The van der Waals surface area contributed by atoms with Crippen LogP contribution in [0.5, 0.6) is 0 Å². The van der Waals surface area contributed by atoms with Gasteiger partial charge in [-0.15, -0.1) is 0 Å². The first kappa shape index (κ1) is 19.5. The van der Waals surface area contributed by atoms with E-state index in [4.69, 9.17) is 0 Å². The molecule has 1 aliphatic rings. The van der Waals surface area contributed by atoms with Crippen molar-refractivity contribution in [2.45, 2.75) is 23.8 Å². The van der Waals surface area contributed by atoms with Crippen molar-refractivity contribution in [3.8, 4) is 0 Å². The van der Waals surface area contributed by atoms with Crippen LogP contribution >= 0.6 is 0 Å². The fraction of sp³-hybridized carbons (Fsp3) is 0.227. The lowest BCUT2D eigenvalue weighted by Crippen LogP contribution is -2.46. The van der Waals surface area contributed by atoms with Gasteiger partial charge < -0.3 is 4.90 Å². The molecule has 0 unspecified atom stereocenters. The van der Waals surface area contributed by atoms with E-state index in [-0.39, 0.29) is 16.8 Å². The molecular formula is C22H21FN2O3S. The number of fused-ring (bicyclic) bond motifs is 1. The number of carbonyl (C=O) groups is 1. The first-order valence-corrected chi connectivity index (χ1v) is 11.0. The molecule has 1 amide bonds. The van der Waals surface area contributed by atoms with Gasteiger partial charge in [0, 0.05) is 24.7 Å². The van der Waals surface area contributed by atoms with E-state index in [0.29, 0.717) is 31.5 Å². The second kappa shape index (κ2) is 7.93. The third-order valence-corrected chi connectivity index (χ3v) is 6.76. The molecule has 7 heteroatoms. The first-order chi connectivity index (χ1) is 13.9. The van der Waals surface area contributed by atoms with Crippen LogP contribution in [-0.2, 0) is 10.0 Å². The molecule has 5 nitrogen and oxygen atoms in total. The van der Waals surface area contributed by atoms with Gasteiger partial charge in [0.1, 0.15) is 5.82 Å². The number of likely N-dealkylation sites (tertiary alicyclic amines) is 1. The molecule has 3 aromatic carbocycles. The second-order valence-electron chi connectivity index (χ2n) is 7.20. The molecule has 0 aliphatic carbocycles. The minimum atomic E-state index is -3.71. The smallest absolute Gasteiger partial charge is 0.253 e. The monoisotopic (exact) mass is 412 g/mol. The zero-order chi connectivity index (χ0) is 20.4. The minimum absolute atomic E-state index is 0.0357. The Labute approximate surface area is 169 Å². The van der Waals surface area contributed by atoms with Crippen LogP contribution in [0, 0.1) is 5.82 Å². The first-order valence-electron chi connectivity index (χ1n) is 9.48. The molecule has 4 rings (SSSR count). The lowest BCUT2D eigenvalue weighted by Gasteiger charge is -2.32. The highest BCUT2D eigenvalue weighted by molar-refractivity contribution is 7.89. The predicted molar refractivity (Wildman–Crippen MR) is 110 cm³/mol. The van der Waals surface area contributed by atoms with E-state index >= 15 is 0 Å². The molecule has 0 atom stereocenters. The van der Waals surface area contributed by atoms with Crippen LogP contribution in [0.15, 0.2) is 71.6 Å². The molecule has 1 fully saturated rings. The Morgan fingerprint density at radius 3 is 2.28 bits per heavy atom. The summed E-state index contributed by atoms with van der Waals surface area (Å²) >= 11 is 0. The molecule has 0 radical (unpaired) electrons. The largest absolute Gasteiger partial charge is 0.339 e. The van der Waals surface area contributed by atoms with Gasteiger partial charge >= 0.3 is 0 Å². The van der Waals surface area contributed by atoms with Crippen molar-refractivity contribution < 1.29 is 17.6 Å². The quantitative estimate of drug-likeness (QED) is 0.713. The molecule has 0 bridgehead atoms. The minimum Gasteiger partial charge on any atom is -0.339 e. The Morgan fingerprint density at radius 2 is 1.59 bits per heavy atom. The van der Waals surface area contributed by atoms with E-state index in [1.54, 1.807) is 4.90 Å².